The van der Waals surface area contributed by atoms with Crippen molar-refractivity contribution in [3.05, 3.63) is 121 Å². The van der Waals surface area contributed by atoms with Crippen molar-refractivity contribution in [2.75, 3.05) is 0 Å². The van der Waals surface area contributed by atoms with Crippen molar-refractivity contribution in [2.24, 2.45) is 0 Å². The molecule has 0 bridgehead atoms. The van der Waals surface area contributed by atoms with Crippen LogP contribution in [0.1, 0.15) is 0 Å². The number of hydrogen-bond acceptors (Lipinski definition) is 2. The van der Waals surface area contributed by atoms with E-state index in [1.54, 1.807) is 0 Å². The second kappa shape index (κ2) is 7.76. The van der Waals surface area contributed by atoms with Gasteiger partial charge in [-0.25, -0.2) is 0 Å². The zero-order valence-electron chi connectivity index (χ0n) is 19.4. The largest absolute Gasteiger partial charge is 0.134 e. The van der Waals surface area contributed by atoms with Gasteiger partial charge in [-0.15, -0.1) is 22.7 Å². The monoisotopic (exact) mass is 492 g/mol. The summed E-state index contributed by atoms with van der Waals surface area (Å²) < 4.78 is 4.11. The molecule has 8 rings (SSSR count). The fourth-order valence-corrected chi connectivity index (χ4v) is 8.32. The Morgan fingerprint density at radius 1 is 0.333 bits per heavy atom. The van der Waals surface area contributed by atoms with E-state index in [1.165, 1.54) is 73.4 Å². The van der Waals surface area contributed by atoms with E-state index in [-0.39, 0.29) is 0 Å². The van der Waals surface area contributed by atoms with Gasteiger partial charge in [0, 0.05) is 46.1 Å². The highest BCUT2D eigenvalue weighted by Gasteiger charge is 2.17. The molecule has 0 radical (unpaired) electrons. The maximum absolute atomic E-state index is 2.42. The first-order chi connectivity index (χ1) is 17.9. The summed E-state index contributed by atoms with van der Waals surface area (Å²) in [5.74, 6) is 0. The molecule has 0 amide bonds. The predicted molar refractivity (Wildman–Crippen MR) is 161 cm³/mol. The first-order valence-corrected chi connectivity index (χ1v) is 13.8. The number of rotatable bonds is 2. The van der Waals surface area contributed by atoms with Gasteiger partial charge in [-0.3, -0.25) is 0 Å². The van der Waals surface area contributed by atoms with Crippen LogP contribution < -0.4 is 0 Å². The molecule has 0 nitrogen and oxygen atoms in total. The molecule has 0 aliphatic carbocycles. The summed E-state index contributed by atoms with van der Waals surface area (Å²) in [5, 5.41) is 9.39. The Labute approximate surface area is 216 Å². The van der Waals surface area contributed by atoms with Crippen molar-refractivity contribution in [1.29, 1.82) is 0 Å². The second-order valence-corrected chi connectivity index (χ2v) is 11.4. The lowest BCUT2D eigenvalue weighted by Gasteiger charge is -2.06. The molecular formula is C34H20S2. The molecule has 168 valence electrons. The first-order valence-electron chi connectivity index (χ1n) is 12.2. The normalized spacial score (nSPS) is 11.9. The van der Waals surface area contributed by atoms with Crippen LogP contribution >= 0.6 is 22.7 Å². The number of benzene rings is 6. The van der Waals surface area contributed by atoms with Crippen molar-refractivity contribution in [2.45, 2.75) is 0 Å². The Balaban J connectivity index is 1.44. The van der Waals surface area contributed by atoms with Gasteiger partial charge in [-0.2, -0.15) is 0 Å². The van der Waals surface area contributed by atoms with Gasteiger partial charge >= 0.3 is 0 Å². The lowest BCUT2D eigenvalue weighted by Crippen LogP contribution is -1.78. The third-order valence-electron chi connectivity index (χ3n) is 7.29. The molecule has 0 aliphatic rings. The third kappa shape index (κ3) is 2.86. The summed E-state index contributed by atoms with van der Waals surface area (Å²) in [7, 11) is 0. The van der Waals surface area contributed by atoms with Crippen LogP contribution in [-0.2, 0) is 0 Å². The van der Waals surface area contributed by atoms with Crippen molar-refractivity contribution < 1.29 is 0 Å². The molecule has 36 heavy (non-hydrogen) atoms. The van der Waals surface area contributed by atoms with Gasteiger partial charge in [0.15, 0.2) is 0 Å². The Hall–Kier alpha value is -3.98. The molecule has 2 aromatic heterocycles. The maximum atomic E-state index is 2.42. The van der Waals surface area contributed by atoms with Gasteiger partial charge in [-0.1, -0.05) is 115 Å². The van der Waals surface area contributed by atoms with Crippen LogP contribution in [0.5, 0.6) is 0 Å². The van der Waals surface area contributed by atoms with Gasteiger partial charge in [0.2, 0.25) is 0 Å². The van der Waals surface area contributed by atoms with Crippen LogP contribution in [0.3, 0.4) is 0 Å². The first kappa shape index (κ1) is 20.2. The van der Waals surface area contributed by atoms with Gasteiger partial charge in [0.05, 0.1) is 0 Å². The molecule has 0 aliphatic heterocycles. The SMILES string of the molecule is c1ccc(-c2cccc3c2sc2c(-c4cc5c6ccccc6c6ccccc6c5s4)cccc23)cc1. The van der Waals surface area contributed by atoms with E-state index in [2.05, 4.69) is 121 Å². The van der Waals surface area contributed by atoms with E-state index in [0.717, 1.165) is 0 Å². The minimum absolute atomic E-state index is 1.27. The van der Waals surface area contributed by atoms with E-state index >= 15 is 0 Å². The van der Waals surface area contributed by atoms with Gasteiger partial charge in [0.25, 0.3) is 0 Å². The molecule has 0 saturated heterocycles. The third-order valence-corrected chi connectivity index (χ3v) is 9.78. The number of thiophene rings is 2. The standard InChI is InChI=1S/C34H20S2/c1-2-10-21(11-3-1)22-16-8-17-27-28-18-9-19-29(33(28)36-32(22)27)31-20-30-25-14-5-4-12-23(25)24-13-6-7-15-26(24)34(30)35-31/h1-20H. The maximum Gasteiger partial charge on any atom is 0.0442 e. The molecule has 0 fully saturated rings. The van der Waals surface area contributed by atoms with Crippen LogP contribution in [0.2, 0.25) is 0 Å². The topological polar surface area (TPSA) is 0 Å². The average Bonchev–Trinajstić information content (AvgIpc) is 3.56. The fraction of sp³-hybridized carbons (Fsp3) is 0. The predicted octanol–water partition coefficient (Wildman–Crippen LogP) is 10.9. The van der Waals surface area contributed by atoms with Crippen molar-refractivity contribution in [1.82, 2.24) is 0 Å². The fourth-order valence-electron chi connectivity index (χ4n) is 5.65. The molecule has 0 saturated carbocycles. The number of hydrogen-bond donors (Lipinski definition) is 0. The molecule has 6 aromatic carbocycles. The molecule has 0 unspecified atom stereocenters. The van der Waals surface area contributed by atoms with E-state index in [4.69, 9.17) is 0 Å². The minimum atomic E-state index is 1.27. The molecule has 0 N–H and O–H groups in total. The summed E-state index contributed by atoms with van der Waals surface area (Å²) in [6, 6.07) is 44.4. The van der Waals surface area contributed by atoms with Crippen LogP contribution in [0, 0.1) is 0 Å². The lowest BCUT2D eigenvalue weighted by molar-refractivity contribution is 1.67. The van der Waals surface area contributed by atoms with E-state index in [9.17, 15) is 0 Å². The molecular weight excluding hydrogens is 473 g/mol. The van der Waals surface area contributed by atoms with Crippen molar-refractivity contribution in [3.63, 3.8) is 0 Å². The summed E-state index contributed by atoms with van der Waals surface area (Å²) in [6.45, 7) is 0. The van der Waals surface area contributed by atoms with Crippen LogP contribution in [0.25, 0.3) is 73.4 Å². The minimum Gasteiger partial charge on any atom is -0.134 e. The van der Waals surface area contributed by atoms with Crippen LogP contribution in [-0.4, -0.2) is 0 Å². The Bertz CT molecular complexity index is 2020. The summed E-state index contributed by atoms with van der Waals surface area (Å²) in [5.41, 5.74) is 3.92. The molecule has 8 aromatic rings. The molecule has 2 heterocycles. The summed E-state index contributed by atoms with van der Waals surface area (Å²) in [6.07, 6.45) is 0. The summed E-state index contributed by atoms with van der Waals surface area (Å²) >= 11 is 3.86. The Morgan fingerprint density at radius 2 is 0.833 bits per heavy atom. The highest BCUT2D eigenvalue weighted by Crippen LogP contribution is 2.47. The van der Waals surface area contributed by atoms with E-state index < -0.39 is 0 Å². The Morgan fingerprint density at radius 3 is 1.56 bits per heavy atom. The van der Waals surface area contributed by atoms with Crippen LogP contribution in [0.4, 0.5) is 0 Å². The lowest BCUT2D eigenvalue weighted by atomic mass is 9.98. The number of fused-ring (bicyclic) bond motifs is 9. The van der Waals surface area contributed by atoms with Gasteiger partial charge in [0.1, 0.15) is 0 Å². The average molecular weight is 493 g/mol. The zero-order valence-corrected chi connectivity index (χ0v) is 21.0. The highest BCUT2D eigenvalue weighted by molar-refractivity contribution is 7.28. The molecule has 0 spiro atoms. The van der Waals surface area contributed by atoms with E-state index in [0.29, 0.717) is 0 Å². The van der Waals surface area contributed by atoms with Gasteiger partial charge < -0.3 is 0 Å². The Kier molecular flexibility index (Phi) is 4.36. The molecule has 2 heteroatoms. The quantitative estimate of drug-likeness (QED) is 0.211. The zero-order chi connectivity index (χ0) is 23.6. The second-order valence-electron chi connectivity index (χ2n) is 9.28. The highest BCUT2D eigenvalue weighted by atomic mass is 32.1. The molecule has 0 atom stereocenters. The van der Waals surface area contributed by atoms with Gasteiger partial charge in [-0.05, 0) is 33.4 Å². The van der Waals surface area contributed by atoms with Crippen molar-refractivity contribution in [3.8, 4) is 21.6 Å². The van der Waals surface area contributed by atoms with E-state index in [1.807, 2.05) is 22.7 Å². The summed E-state index contributed by atoms with van der Waals surface area (Å²) in [4.78, 5) is 1.34. The van der Waals surface area contributed by atoms with Crippen LogP contribution in [0.15, 0.2) is 121 Å². The van der Waals surface area contributed by atoms with Crippen molar-refractivity contribution >= 4 is 74.5 Å². The smallest absolute Gasteiger partial charge is 0.0442 e.